The molecule has 0 aliphatic rings. The van der Waals surface area contributed by atoms with Crippen LogP contribution in [0, 0.1) is 0 Å². The molecule has 0 fully saturated rings. The van der Waals surface area contributed by atoms with Crippen molar-refractivity contribution >= 4 is 56.6 Å². The summed E-state index contributed by atoms with van der Waals surface area (Å²) >= 11 is 13.4. The molecule has 2 rings (SSSR count). The van der Waals surface area contributed by atoms with Crippen LogP contribution in [0.1, 0.15) is 6.92 Å². The molecule has 26 heavy (non-hydrogen) atoms. The lowest BCUT2D eigenvalue weighted by Crippen LogP contribution is -2.24. The second kappa shape index (κ2) is 8.63. The Hall–Kier alpha value is -1.25. The fourth-order valence-electron chi connectivity index (χ4n) is 2.00. The van der Waals surface area contributed by atoms with Crippen LogP contribution in [-0.4, -0.2) is 38.0 Å². The Morgan fingerprint density at radius 1 is 1.12 bits per heavy atom. The number of hydrogen-bond donors (Lipinski definition) is 1. The van der Waals surface area contributed by atoms with Gasteiger partial charge in [0.2, 0.25) is 15.9 Å². The fourth-order valence-corrected chi connectivity index (χ4v) is 4.55. The summed E-state index contributed by atoms with van der Waals surface area (Å²) in [4.78, 5) is 13.2. The number of nitrogens with one attached hydrogen (secondary N) is 1. The number of carbonyl (C=O) groups is 1. The molecule has 0 bridgehead atoms. The van der Waals surface area contributed by atoms with E-state index in [1.165, 1.54) is 38.0 Å². The zero-order chi connectivity index (χ0) is 19.5. The highest BCUT2D eigenvalue weighted by Crippen LogP contribution is 2.31. The van der Waals surface area contributed by atoms with Gasteiger partial charge in [-0.2, -0.15) is 0 Å². The molecule has 1 N–H and O–H groups in total. The molecule has 0 radical (unpaired) electrons. The van der Waals surface area contributed by atoms with Crippen LogP contribution in [0.25, 0.3) is 0 Å². The summed E-state index contributed by atoms with van der Waals surface area (Å²) in [5.74, 6) is -0.273. The van der Waals surface area contributed by atoms with Crippen molar-refractivity contribution in [3.05, 3.63) is 52.5 Å². The second-order valence-corrected chi connectivity index (χ2v) is 9.93. The molecule has 0 aromatic heterocycles. The maximum atomic E-state index is 12.4. The van der Waals surface area contributed by atoms with Crippen molar-refractivity contribution in [1.29, 1.82) is 0 Å². The first kappa shape index (κ1) is 21.1. The van der Waals surface area contributed by atoms with E-state index in [0.717, 1.165) is 9.20 Å². The first-order valence-corrected chi connectivity index (χ1v) is 10.6. The molecule has 0 aliphatic carbocycles. The topological polar surface area (TPSA) is 66.5 Å². The quantitative estimate of drug-likeness (QED) is 0.688. The van der Waals surface area contributed by atoms with E-state index in [0.29, 0.717) is 10.7 Å². The molecule has 1 atom stereocenters. The number of nitrogens with zero attached hydrogens (tertiary/aromatic N) is 1. The highest BCUT2D eigenvalue weighted by molar-refractivity contribution is 8.00. The zero-order valence-electron chi connectivity index (χ0n) is 14.4. The molecule has 1 unspecified atom stereocenters. The Morgan fingerprint density at radius 3 is 2.38 bits per heavy atom. The molecule has 0 saturated carbocycles. The largest absolute Gasteiger partial charge is 0.325 e. The Morgan fingerprint density at radius 2 is 1.77 bits per heavy atom. The Bertz CT molecular complexity index is 918. The summed E-state index contributed by atoms with van der Waals surface area (Å²) in [6.07, 6.45) is 0. The molecule has 1 amide bonds. The summed E-state index contributed by atoms with van der Waals surface area (Å²) < 4.78 is 25.7. The average molecular weight is 433 g/mol. The number of carbonyl (C=O) groups excluding carboxylic acids is 1. The molecule has 0 heterocycles. The van der Waals surface area contributed by atoms with Crippen molar-refractivity contribution < 1.29 is 13.2 Å². The minimum atomic E-state index is -3.71. The molecule has 0 spiro atoms. The number of anilines is 1. The molecule has 5 nitrogen and oxygen atoms in total. The van der Waals surface area contributed by atoms with Gasteiger partial charge in [0.05, 0.1) is 15.3 Å². The van der Waals surface area contributed by atoms with E-state index in [-0.39, 0.29) is 15.8 Å². The van der Waals surface area contributed by atoms with E-state index in [9.17, 15) is 13.2 Å². The SMILES string of the molecule is CC(Sc1ccccc1Cl)C(=O)Nc1ccc(Cl)c(S(=O)(=O)N(C)C)c1. The lowest BCUT2D eigenvalue weighted by Gasteiger charge is -2.16. The van der Waals surface area contributed by atoms with Gasteiger partial charge in [-0.1, -0.05) is 35.3 Å². The smallest absolute Gasteiger partial charge is 0.244 e. The van der Waals surface area contributed by atoms with Crippen LogP contribution in [0.4, 0.5) is 5.69 Å². The lowest BCUT2D eigenvalue weighted by atomic mass is 10.3. The highest BCUT2D eigenvalue weighted by Gasteiger charge is 2.22. The Balaban J connectivity index is 2.18. The molecule has 140 valence electrons. The van der Waals surface area contributed by atoms with E-state index in [2.05, 4.69) is 5.32 Å². The Labute approximate surface area is 167 Å². The monoisotopic (exact) mass is 432 g/mol. The van der Waals surface area contributed by atoms with Crippen molar-refractivity contribution in [2.75, 3.05) is 19.4 Å². The Kier molecular flexibility index (Phi) is 6.99. The standard InChI is InChI=1S/C17H18Cl2N2O3S2/c1-11(25-15-7-5-4-6-13(15)18)17(22)20-12-8-9-14(19)16(10-12)26(23,24)21(2)3/h4-11H,1-3H3,(H,20,22). The van der Waals surface area contributed by atoms with Gasteiger partial charge >= 0.3 is 0 Å². The number of rotatable bonds is 6. The third-order valence-electron chi connectivity index (χ3n) is 3.47. The first-order valence-electron chi connectivity index (χ1n) is 7.57. The first-order chi connectivity index (χ1) is 12.1. The van der Waals surface area contributed by atoms with Gasteiger partial charge in [-0.15, -0.1) is 11.8 Å². The number of hydrogen-bond acceptors (Lipinski definition) is 4. The predicted octanol–water partition coefficient (Wildman–Crippen LogP) is 4.36. The second-order valence-electron chi connectivity index (χ2n) is 5.61. The minimum absolute atomic E-state index is 0.0617. The number of thioether (sulfide) groups is 1. The van der Waals surface area contributed by atoms with E-state index >= 15 is 0 Å². The molecular weight excluding hydrogens is 415 g/mol. The maximum Gasteiger partial charge on any atom is 0.244 e. The van der Waals surface area contributed by atoms with Crippen molar-refractivity contribution in [1.82, 2.24) is 4.31 Å². The van der Waals surface area contributed by atoms with E-state index in [4.69, 9.17) is 23.2 Å². The minimum Gasteiger partial charge on any atom is -0.325 e. The van der Waals surface area contributed by atoms with Crippen molar-refractivity contribution in [3.63, 3.8) is 0 Å². The third-order valence-corrected chi connectivity index (χ3v) is 7.38. The van der Waals surface area contributed by atoms with Crippen LogP contribution in [0.2, 0.25) is 10.0 Å². The zero-order valence-corrected chi connectivity index (χ0v) is 17.5. The number of sulfonamides is 1. The van der Waals surface area contributed by atoms with Crippen LogP contribution in [0.3, 0.4) is 0 Å². The molecule has 0 saturated heterocycles. The molecule has 2 aromatic rings. The van der Waals surface area contributed by atoms with Crippen LogP contribution in [0.5, 0.6) is 0 Å². The van der Waals surface area contributed by atoms with Gasteiger partial charge in [-0.05, 0) is 37.3 Å². The van der Waals surface area contributed by atoms with Crippen LogP contribution in [0.15, 0.2) is 52.3 Å². The summed E-state index contributed by atoms with van der Waals surface area (Å²) in [6.45, 7) is 1.75. The molecular formula is C17H18Cl2N2O3S2. The molecule has 2 aromatic carbocycles. The summed E-state index contributed by atoms with van der Waals surface area (Å²) in [5, 5.41) is 2.95. The van der Waals surface area contributed by atoms with Gasteiger partial charge in [-0.25, -0.2) is 12.7 Å². The van der Waals surface area contributed by atoms with Crippen LogP contribution >= 0.6 is 35.0 Å². The summed E-state index contributed by atoms with van der Waals surface area (Å²) in [5.41, 5.74) is 0.353. The third kappa shape index (κ3) is 4.92. The van der Waals surface area contributed by atoms with Crippen molar-refractivity contribution in [3.8, 4) is 0 Å². The molecule has 9 heteroatoms. The number of amides is 1. The van der Waals surface area contributed by atoms with E-state index < -0.39 is 15.3 Å². The normalized spacial score (nSPS) is 12.8. The number of halogens is 2. The summed E-state index contributed by atoms with van der Waals surface area (Å²) in [6, 6.07) is 11.6. The summed E-state index contributed by atoms with van der Waals surface area (Å²) in [7, 11) is -0.881. The van der Waals surface area contributed by atoms with Gasteiger partial charge in [-0.3, -0.25) is 4.79 Å². The van der Waals surface area contributed by atoms with E-state index in [1.54, 1.807) is 19.1 Å². The van der Waals surface area contributed by atoms with Gasteiger partial charge in [0.15, 0.2) is 0 Å². The van der Waals surface area contributed by atoms with Gasteiger partial charge in [0.25, 0.3) is 0 Å². The fraction of sp³-hybridized carbons (Fsp3) is 0.235. The van der Waals surface area contributed by atoms with Crippen molar-refractivity contribution in [2.45, 2.75) is 22.0 Å². The predicted molar refractivity (Wildman–Crippen MR) is 108 cm³/mol. The van der Waals surface area contributed by atoms with Gasteiger partial charge < -0.3 is 5.32 Å². The number of benzene rings is 2. The van der Waals surface area contributed by atoms with Gasteiger partial charge in [0.1, 0.15) is 4.90 Å². The van der Waals surface area contributed by atoms with Gasteiger partial charge in [0, 0.05) is 24.7 Å². The van der Waals surface area contributed by atoms with Crippen LogP contribution < -0.4 is 5.32 Å². The van der Waals surface area contributed by atoms with E-state index in [1.807, 2.05) is 18.2 Å². The lowest BCUT2D eigenvalue weighted by molar-refractivity contribution is -0.115. The highest BCUT2D eigenvalue weighted by atomic mass is 35.5. The van der Waals surface area contributed by atoms with Crippen molar-refractivity contribution in [2.24, 2.45) is 0 Å². The maximum absolute atomic E-state index is 12.4. The average Bonchev–Trinajstić information content (AvgIpc) is 2.58. The molecule has 0 aliphatic heterocycles. The van der Waals surface area contributed by atoms with Crippen LogP contribution in [-0.2, 0) is 14.8 Å².